The third kappa shape index (κ3) is 7.38. The van der Waals surface area contributed by atoms with Gasteiger partial charge in [-0.3, -0.25) is 4.99 Å². The molecule has 0 amide bonds. The highest BCUT2D eigenvalue weighted by atomic mass is 127. The number of hydrogen-bond donors (Lipinski definition) is 2. The molecule has 166 valence electrons. The fourth-order valence-corrected chi connectivity index (χ4v) is 4.02. The number of thioether (sulfide) groups is 1. The van der Waals surface area contributed by atoms with E-state index in [1.807, 2.05) is 16.8 Å². The molecule has 0 radical (unpaired) electrons. The first-order chi connectivity index (χ1) is 14.2. The van der Waals surface area contributed by atoms with Crippen molar-refractivity contribution in [3.63, 3.8) is 0 Å². The van der Waals surface area contributed by atoms with Gasteiger partial charge in [-0.2, -0.15) is 16.9 Å². The zero-order valence-electron chi connectivity index (χ0n) is 17.4. The summed E-state index contributed by atoms with van der Waals surface area (Å²) in [6.07, 6.45) is 1.86. The van der Waals surface area contributed by atoms with Gasteiger partial charge in [-0.05, 0) is 25.0 Å². The number of ether oxygens (including phenoxy) is 1. The van der Waals surface area contributed by atoms with Crippen LogP contribution >= 0.6 is 35.7 Å². The third-order valence-corrected chi connectivity index (χ3v) is 5.57. The van der Waals surface area contributed by atoms with E-state index in [1.54, 1.807) is 24.9 Å². The summed E-state index contributed by atoms with van der Waals surface area (Å²) in [6.45, 7) is 4.73. The molecule has 0 saturated heterocycles. The van der Waals surface area contributed by atoms with Gasteiger partial charge < -0.3 is 15.4 Å². The average Bonchev–Trinajstić information content (AvgIpc) is 3.11. The van der Waals surface area contributed by atoms with Gasteiger partial charge in [0.15, 0.2) is 11.8 Å². The highest BCUT2D eigenvalue weighted by Crippen LogP contribution is 2.15. The van der Waals surface area contributed by atoms with E-state index >= 15 is 0 Å². The molecular weight excluding hydrogens is 518 g/mol. The lowest BCUT2D eigenvalue weighted by Crippen LogP contribution is -2.47. The van der Waals surface area contributed by atoms with Gasteiger partial charge >= 0.3 is 0 Å². The summed E-state index contributed by atoms with van der Waals surface area (Å²) >= 11 is 1.69. The number of benzene rings is 1. The average molecular weight is 548 g/mol. The van der Waals surface area contributed by atoms with Crippen molar-refractivity contribution in [1.82, 2.24) is 25.4 Å². The molecule has 1 aromatic carbocycles. The van der Waals surface area contributed by atoms with Gasteiger partial charge in [-0.15, -0.1) is 24.0 Å². The van der Waals surface area contributed by atoms with Gasteiger partial charge in [-0.25, -0.2) is 14.1 Å². The van der Waals surface area contributed by atoms with Crippen LogP contribution in [0.25, 0.3) is 0 Å². The van der Waals surface area contributed by atoms with Crippen molar-refractivity contribution >= 4 is 41.7 Å². The lowest BCUT2D eigenvalue weighted by atomic mass is 10.1. The Morgan fingerprint density at radius 2 is 2.23 bits per heavy atom. The fourth-order valence-electron chi connectivity index (χ4n) is 3.20. The second-order valence-electron chi connectivity index (χ2n) is 6.84. The summed E-state index contributed by atoms with van der Waals surface area (Å²) in [5.41, 5.74) is 0.741. The lowest BCUT2D eigenvalue weighted by molar-refractivity contribution is 0.177. The van der Waals surface area contributed by atoms with E-state index in [0.717, 1.165) is 54.9 Å². The number of fused-ring (bicyclic) bond motifs is 1. The summed E-state index contributed by atoms with van der Waals surface area (Å²) in [5, 5.41) is 11.3. The Kier molecular flexibility index (Phi) is 10.9. The minimum Gasteiger partial charge on any atom is -0.377 e. The molecule has 1 aliphatic rings. The molecule has 10 heteroatoms. The van der Waals surface area contributed by atoms with Crippen LogP contribution < -0.4 is 10.6 Å². The molecule has 1 unspecified atom stereocenters. The van der Waals surface area contributed by atoms with Crippen LogP contribution in [-0.2, 0) is 30.1 Å². The van der Waals surface area contributed by atoms with E-state index in [0.29, 0.717) is 18.9 Å². The smallest absolute Gasteiger partial charge is 0.191 e. The number of aromatic nitrogens is 3. The minimum atomic E-state index is -0.142. The summed E-state index contributed by atoms with van der Waals surface area (Å²) in [4.78, 5) is 9.18. The van der Waals surface area contributed by atoms with Gasteiger partial charge in [0.2, 0.25) is 0 Å². The largest absolute Gasteiger partial charge is 0.377 e. The fraction of sp³-hybridized carbons (Fsp3) is 0.550. The van der Waals surface area contributed by atoms with Gasteiger partial charge in [0.05, 0.1) is 13.1 Å². The van der Waals surface area contributed by atoms with E-state index in [-0.39, 0.29) is 35.8 Å². The van der Waals surface area contributed by atoms with Crippen molar-refractivity contribution in [1.29, 1.82) is 0 Å². The van der Waals surface area contributed by atoms with E-state index < -0.39 is 0 Å². The number of methoxy groups -OCH3 is 1. The SMILES string of the molecule is CCNC(=NCCSCc1ccccc1F)NC1CCc2nc(COC)nn2C1.I. The molecule has 0 saturated carbocycles. The van der Waals surface area contributed by atoms with Crippen LogP contribution in [0.15, 0.2) is 29.3 Å². The van der Waals surface area contributed by atoms with E-state index in [9.17, 15) is 4.39 Å². The molecule has 0 aliphatic carbocycles. The Balaban J connectivity index is 0.00000320. The maximum Gasteiger partial charge on any atom is 0.191 e. The Bertz CT molecular complexity index is 818. The first-order valence-corrected chi connectivity index (χ1v) is 11.1. The van der Waals surface area contributed by atoms with Gasteiger partial charge in [0, 0.05) is 37.6 Å². The Morgan fingerprint density at radius 3 is 3.00 bits per heavy atom. The van der Waals surface area contributed by atoms with Crippen LogP contribution in [0.1, 0.15) is 30.6 Å². The predicted molar refractivity (Wildman–Crippen MR) is 130 cm³/mol. The monoisotopic (exact) mass is 548 g/mol. The minimum absolute atomic E-state index is 0. The molecule has 2 N–H and O–H groups in total. The quantitative estimate of drug-likeness (QED) is 0.217. The molecule has 3 rings (SSSR count). The molecule has 7 nitrogen and oxygen atoms in total. The molecule has 0 spiro atoms. The molecule has 30 heavy (non-hydrogen) atoms. The van der Waals surface area contributed by atoms with E-state index in [1.165, 1.54) is 6.07 Å². The highest BCUT2D eigenvalue weighted by Gasteiger charge is 2.22. The maximum atomic E-state index is 13.7. The topological polar surface area (TPSA) is 76.4 Å². The zero-order valence-corrected chi connectivity index (χ0v) is 20.6. The normalized spacial score (nSPS) is 16.0. The number of hydrogen-bond acceptors (Lipinski definition) is 5. The second-order valence-corrected chi connectivity index (χ2v) is 7.95. The molecule has 0 fully saturated rings. The first-order valence-electron chi connectivity index (χ1n) is 9.97. The Morgan fingerprint density at radius 1 is 1.40 bits per heavy atom. The number of rotatable bonds is 9. The van der Waals surface area contributed by atoms with Gasteiger partial charge in [0.25, 0.3) is 0 Å². The van der Waals surface area contributed by atoms with Crippen molar-refractivity contribution in [2.45, 2.75) is 44.7 Å². The number of nitrogens with zero attached hydrogens (tertiary/aromatic N) is 4. The van der Waals surface area contributed by atoms with Crippen molar-refractivity contribution in [3.8, 4) is 0 Å². The molecule has 1 atom stereocenters. The van der Waals surface area contributed by atoms with Crippen molar-refractivity contribution in [2.24, 2.45) is 4.99 Å². The van der Waals surface area contributed by atoms with Crippen LogP contribution in [0.2, 0.25) is 0 Å². The highest BCUT2D eigenvalue weighted by molar-refractivity contribution is 14.0. The van der Waals surface area contributed by atoms with E-state index in [2.05, 4.69) is 32.6 Å². The van der Waals surface area contributed by atoms with Crippen LogP contribution in [0.4, 0.5) is 4.39 Å². The summed E-state index contributed by atoms with van der Waals surface area (Å²) in [5.74, 6) is 3.91. The summed E-state index contributed by atoms with van der Waals surface area (Å²) in [6, 6.07) is 7.17. The standard InChI is InChI=1S/C20H29FN6OS.HI/c1-3-22-20(23-10-11-29-14-15-6-4-5-7-17(15)21)24-16-8-9-19-25-18(13-28-2)26-27(19)12-16;/h4-7,16H,3,8-14H2,1-2H3,(H2,22,23,24);1H. The van der Waals surface area contributed by atoms with Crippen LogP contribution in [-0.4, -0.2) is 52.7 Å². The number of halogens is 2. The molecular formula is C20H30FIN6OS. The van der Waals surface area contributed by atoms with E-state index in [4.69, 9.17) is 4.74 Å². The van der Waals surface area contributed by atoms with Crippen LogP contribution in [0.3, 0.4) is 0 Å². The van der Waals surface area contributed by atoms with Crippen LogP contribution in [0.5, 0.6) is 0 Å². The Hall–Kier alpha value is -1.40. The number of guanidine groups is 1. The lowest BCUT2D eigenvalue weighted by Gasteiger charge is -2.25. The molecule has 0 bridgehead atoms. The molecule has 2 heterocycles. The van der Waals surface area contributed by atoms with Crippen molar-refractivity contribution in [2.75, 3.05) is 26.0 Å². The van der Waals surface area contributed by atoms with Gasteiger partial charge in [0.1, 0.15) is 18.2 Å². The molecule has 1 aliphatic heterocycles. The van der Waals surface area contributed by atoms with Gasteiger partial charge in [-0.1, -0.05) is 18.2 Å². The first kappa shape index (κ1) is 24.9. The van der Waals surface area contributed by atoms with Crippen LogP contribution in [0, 0.1) is 5.82 Å². The molecule has 1 aromatic heterocycles. The molecule has 2 aromatic rings. The summed E-state index contributed by atoms with van der Waals surface area (Å²) in [7, 11) is 1.65. The summed E-state index contributed by atoms with van der Waals surface area (Å²) < 4.78 is 20.7. The maximum absolute atomic E-state index is 13.7. The third-order valence-electron chi connectivity index (χ3n) is 4.58. The zero-order chi connectivity index (χ0) is 20.5. The predicted octanol–water partition coefficient (Wildman–Crippen LogP) is 2.98. The van der Waals surface area contributed by atoms with Crippen molar-refractivity contribution in [3.05, 3.63) is 47.3 Å². The number of nitrogens with one attached hydrogen (secondary N) is 2. The number of aliphatic imine (C=N–C) groups is 1. The second kappa shape index (κ2) is 13.1. The van der Waals surface area contributed by atoms with Crippen molar-refractivity contribution < 1.29 is 9.13 Å². The Labute approximate surface area is 198 Å². The number of aryl methyl sites for hydroxylation is 1.